The molecule has 1 unspecified atom stereocenters. The summed E-state index contributed by atoms with van der Waals surface area (Å²) >= 11 is 0. The van der Waals surface area contributed by atoms with Crippen molar-refractivity contribution in [1.29, 1.82) is 0 Å². The molecule has 1 aliphatic heterocycles. The first-order chi connectivity index (χ1) is 14.1. The molecule has 1 N–H and O–H groups in total. The SMILES string of the molecule is Cc1cc(NC2CCN(Cc3ccccc3)C2)nc(-c2cccc([N+](=O)[O-])c2)n1. The number of hydrogen-bond acceptors (Lipinski definition) is 6. The molecule has 2 aromatic carbocycles. The summed E-state index contributed by atoms with van der Waals surface area (Å²) in [5.74, 6) is 1.25. The molecule has 1 saturated heterocycles. The lowest BCUT2D eigenvalue weighted by Gasteiger charge is -2.17. The number of anilines is 1. The van der Waals surface area contributed by atoms with Gasteiger partial charge >= 0.3 is 0 Å². The van der Waals surface area contributed by atoms with Crippen LogP contribution in [0.15, 0.2) is 60.7 Å². The predicted molar refractivity (Wildman–Crippen MR) is 113 cm³/mol. The van der Waals surface area contributed by atoms with Crippen molar-refractivity contribution in [3.63, 3.8) is 0 Å². The van der Waals surface area contributed by atoms with E-state index in [1.54, 1.807) is 12.1 Å². The second-order valence-corrected chi connectivity index (χ2v) is 7.38. The number of nitrogens with one attached hydrogen (secondary N) is 1. The predicted octanol–water partition coefficient (Wildman–Crippen LogP) is 4.05. The van der Waals surface area contributed by atoms with Crippen LogP contribution in [0.2, 0.25) is 0 Å². The summed E-state index contributed by atoms with van der Waals surface area (Å²) in [6.45, 7) is 4.84. The topological polar surface area (TPSA) is 84.2 Å². The van der Waals surface area contributed by atoms with Crippen LogP contribution in [0.4, 0.5) is 11.5 Å². The second kappa shape index (κ2) is 8.36. The van der Waals surface area contributed by atoms with Gasteiger partial charge < -0.3 is 5.32 Å². The number of aromatic nitrogens is 2. The average Bonchev–Trinajstić information content (AvgIpc) is 3.15. The van der Waals surface area contributed by atoms with Gasteiger partial charge in [-0.2, -0.15) is 0 Å². The fourth-order valence-electron chi connectivity index (χ4n) is 3.67. The summed E-state index contributed by atoms with van der Waals surface area (Å²) in [5.41, 5.74) is 2.82. The summed E-state index contributed by atoms with van der Waals surface area (Å²) in [5, 5.41) is 14.6. The lowest BCUT2D eigenvalue weighted by atomic mass is 10.2. The number of aryl methyl sites for hydroxylation is 1. The van der Waals surface area contributed by atoms with E-state index in [1.807, 2.05) is 19.1 Å². The molecule has 1 aromatic heterocycles. The Bertz CT molecular complexity index is 1010. The molecule has 7 heteroatoms. The second-order valence-electron chi connectivity index (χ2n) is 7.38. The van der Waals surface area contributed by atoms with E-state index in [-0.39, 0.29) is 5.69 Å². The van der Waals surface area contributed by atoms with Crippen molar-refractivity contribution < 1.29 is 4.92 Å². The highest BCUT2D eigenvalue weighted by Crippen LogP contribution is 2.24. The Kier molecular flexibility index (Phi) is 5.48. The van der Waals surface area contributed by atoms with Gasteiger partial charge in [0.05, 0.1) is 4.92 Å². The molecule has 1 fully saturated rings. The van der Waals surface area contributed by atoms with Gasteiger partial charge in [-0.05, 0) is 18.9 Å². The van der Waals surface area contributed by atoms with Crippen LogP contribution in [0.1, 0.15) is 17.7 Å². The zero-order chi connectivity index (χ0) is 20.2. The van der Waals surface area contributed by atoms with Crippen molar-refractivity contribution in [2.75, 3.05) is 18.4 Å². The normalized spacial score (nSPS) is 16.7. The molecule has 0 spiro atoms. The van der Waals surface area contributed by atoms with Crippen molar-refractivity contribution in [2.24, 2.45) is 0 Å². The van der Waals surface area contributed by atoms with E-state index in [0.717, 1.165) is 37.6 Å². The fraction of sp³-hybridized carbons (Fsp3) is 0.273. The third-order valence-corrected chi connectivity index (χ3v) is 5.04. The standard InChI is InChI=1S/C22H23N5O2/c1-16-12-21(25-22(23-16)18-8-5-9-20(13-18)27(28)29)24-19-10-11-26(15-19)14-17-6-3-2-4-7-17/h2-9,12-13,19H,10-11,14-15H2,1H3,(H,23,24,25). The van der Waals surface area contributed by atoms with Crippen molar-refractivity contribution in [3.8, 4) is 11.4 Å². The first kappa shape index (κ1) is 19.0. The molecule has 1 atom stereocenters. The van der Waals surface area contributed by atoms with Crippen LogP contribution in [0.5, 0.6) is 0 Å². The van der Waals surface area contributed by atoms with Gasteiger partial charge in [0.1, 0.15) is 5.82 Å². The zero-order valence-corrected chi connectivity index (χ0v) is 16.3. The molecule has 0 bridgehead atoms. The van der Waals surface area contributed by atoms with Crippen molar-refractivity contribution >= 4 is 11.5 Å². The van der Waals surface area contributed by atoms with Crippen LogP contribution < -0.4 is 5.32 Å². The molecule has 4 rings (SSSR count). The van der Waals surface area contributed by atoms with Crippen LogP contribution in [-0.4, -0.2) is 38.9 Å². The smallest absolute Gasteiger partial charge is 0.270 e. The number of nitrogens with zero attached hydrogens (tertiary/aromatic N) is 4. The largest absolute Gasteiger partial charge is 0.366 e. The van der Waals surface area contributed by atoms with Crippen LogP contribution in [-0.2, 0) is 6.54 Å². The lowest BCUT2D eigenvalue weighted by molar-refractivity contribution is -0.384. The van der Waals surface area contributed by atoms with E-state index in [2.05, 4.69) is 44.5 Å². The maximum atomic E-state index is 11.1. The van der Waals surface area contributed by atoms with E-state index >= 15 is 0 Å². The Hall–Kier alpha value is -3.32. The number of nitro benzene ring substituents is 1. The zero-order valence-electron chi connectivity index (χ0n) is 16.3. The molecular formula is C22H23N5O2. The van der Waals surface area contributed by atoms with Crippen molar-refractivity contribution in [2.45, 2.75) is 25.9 Å². The third-order valence-electron chi connectivity index (χ3n) is 5.04. The van der Waals surface area contributed by atoms with Gasteiger partial charge in [0, 0.05) is 55.1 Å². The number of rotatable bonds is 6. The Morgan fingerprint density at radius 3 is 2.76 bits per heavy atom. The Balaban J connectivity index is 1.46. The molecule has 0 amide bonds. The molecule has 148 valence electrons. The average molecular weight is 389 g/mol. The van der Waals surface area contributed by atoms with Crippen LogP contribution in [0.3, 0.4) is 0 Å². The highest BCUT2D eigenvalue weighted by atomic mass is 16.6. The summed E-state index contributed by atoms with van der Waals surface area (Å²) in [4.78, 5) is 22.2. The summed E-state index contributed by atoms with van der Waals surface area (Å²) in [6, 6.07) is 19.1. The number of non-ortho nitro benzene ring substituents is 1. The summed E-state index contributed by atoms with van der Waals surface area (Å²) in [7, 11) is 0. The van der Waals surface area contributed by atoms with E-state index in [1.165, 1.54) is 17.7 Å². The first-order valence-corrected chi connectivity index (χ1v) is 9.70. The van der Waals surface area contributed by atoms with Gasteiger partial charge in [-0.3, -0.25) is 15.0 Å². The molecule has 3 aromatic rings. The number of benzene rings is 2. The lowest BCUT2D eigenvalue weighted by Crippen LogP contribution is -2.26. The minimum absolute atomic E-state index is 0.0365. The van der Waals surface area contributed by atoms with Gasteiger partial charge in [0.25, 0.3) is 5.69 Å². The monoisotopic (exact) mass is 389 g/mol. The minimum atomic E-state index is -0.404. The maximum Gasteiger partial charge on any atom is 0.270 e. The molecule has 29 heavy (non-hydrogen) atoms. The number of likely N-dealkylation sites (tertiary alicyclic amines) is 1. The van der Waals surface area contributed by atoms with Gasteiger partial charge in [0.2, 0.25) is 0 Å². The molecule has 2 heterocycles. The highest BCUT2D eigenvalue weighted by molar-refractivity contribution is 5.61. The maximum absolute atomic E-state index is 11.1. The highest BCUT2D eigenvalue weighted by Gasteiger charge is 2.23. The quantitative estimate of drug-likeness (QED) is 0.506. The van der Waals surface area contributed by atoms with Gasteiger partial charge in [-0.1, -0.05) is 42.5 Å². The molecule has 7 nitrogen and oxygen atoms in total. The molecule has 0 radical (unpaired) electrons. The fourth-order valence-corrected chi connectivity index (χ4v) is 3.67. The van der Waals surface area contributed by atoms with Crippen LogP contribution in [0.25, 0.3) is 11.4 Å². The van der Waals surface area contributed by atoms with Gasteiger partial charge in [-0.25, -0.2) is 9.97 Å². The van der Waals surface area contributed by atoms with Gasteiger partial charge in [0.15, 0.2) is 5.82 Å². The minimum Gasteiger partial charge on any atom is -0.366 e. The summed E-state index contributed by atoms with van der Waals surface area (Å²) < 4.78 is 0. The molecule has 1 aliphatic rings. The van der Waals surface area contributed by atoms with Crippen LogP contribution >= 0.6 is 0 Å². The summed E-state index contributed by atoms with van der Waals surface area (Å²) in [6.07, 6.45) is 1.04. The third kappa shape index (κ3) is 4.75. The molecule has 0 aliphatic carbocycles. The Morgan fingerprint density at radius 2 is 1.97 bits per heavy atom. The van der Waals surface area contributed by atoms with E-state index in [4.69, 9.17) is 0 Å². The Morgan fingerprint density at radius 1 is 1.14 bits per heavy atom. The van der Waals surface area contributed by atoms with Crippen molar-refractivity contribution in [3.05, 3.63) is 82.0 Å². The number of hydrogen-bond donors (Lipinski definition) is 1. The van der Waals surface area contributed by atoms with E-state index < -0.39 is 4.92 Å². The van der Waals surface area contributed by atoms with E-state index in [0.29, 0.717) is 17.4 Å². The van der Waals surface area contributed by atoms with Crippen LogP contribution in [0, 0.1) is 17.0 Å². The first-order valence-electron chi connectivity index (χ1n) is 9.70. The van der Waals surface area contributed by atoms with E-state index in [9.17, 15) is 10.1 Å². The van der Waals surface area contributed by atoms with Gasteiger partial charge in [-0.15, -0.1) is 0 Å². The Labute approximate surface area is 169 Å². The number of nitro groups is 1. The molecular weight excluding hydrogens is 366 g/mol. The van der Waals surface area contributed by atoms with Crippen molar-refractivity contribution in [1.82, 2.24) is 14.9 Å². The molecule has 0 saturated carbocycles.